The third-order valence-corrected chi connectivity index (χ3v) is 4.91. The zero-order chi connectivity index (χ0) is 23.7. The van der Waals surface area contributed by atoms with Crippen LogP contribution in [0.2, 0.25) is 0 Å². The lowest BCUT2D eigenvalue weighted by atomic mass is 9.99. The molecule has 0 saturated carbocycles. The molecule has 0 radical (unpaired) electrons. The van der Waals surface area contributed by atoms with E-state index in [-0.39, 0.29) is 18.3 Å². The second-order valence-electron chi connectivity index (χ2n) is 8.32. The van der Waals surface area contributed by atoms with Gasteiger partial charge in [-0.1, -0.05) is 58.0 Å². The maximum Gasteiger partial charge on any atom is 0.325 e. The van der Waals surface area contributed by atoms with Gasteiger partial charge in [-0.05, 0) is 24.3 Å². The second-order valence-corrected chi connectivity index (χ2v) is 8.32. The first kappa shape index (κ1) is 26.1. The Labute approximate surface area is 183 Å². The summed E-state index contributed by atoms with van der Waals surface area (Å²) in [6.45, 7) is 8.48. The number of carboxylic acid groups (broad SMARTS) is 1. The number of carbonyl (C=O) groups excluding carboxylic acids is 3. The quantitative estimate of drug-likeness (QED) is 0.341. The number of carboxylic acids is 1. The summed E-state index contributed by atoms with van der Waals surface area (Å²) >= 11 is 0. The van der Waals surface area contributed by atoms with Gasteiger partial charge in [0.25, 0.3) is 0 Å². The van der Waals surface area contributed by atoms with Crippen molar-refractivity contribution in [1.82, 2.24) is 16.0 Å². The van der Waals surface area contributed by atoms with Crippen molar-refractivity contribution in [2.75, 3.05) is 0 Å². The van der Waals surface area contributed by atoms with Crippen molar-refractivity contribution in [3.8, 4) is 0 Å². The highest BCUT2D eigenvalue weighted by Gasteiger charge is 2.31. The Hall–Kier alpha value is -2.94. The van der Waals surface area contributed by atoms with Crippen LogP contribution in [-0.2, 0) is 25.6 Å². The lowest BCUT2D eigenvalue weighted by molar-refractivity contribution is -0.141. The average Bonchev–Trinajstić information content (AvgIpc) is 2.70. The Bertz CT molecular complexity index is 766. The molecule has 0 aliphatic heterocycles. The third-order valence-electron chi connectivity index (χ3n) is 4.91. The molecule has 9 nitrogen and oxygen atoms in total. The van der Waals surface area contributed by atoms with Crippen LogP contribution in [0.5, 0.6) is 0 Å². The van der Waals surface area contributed by atoms with Crippen molar-refractivity contribution in [1.29, 1.82) is 0 Å². The maximum absolute atomic E-state index is 13.0. The summed E-state index contributed by atoms with van der Waals surface area (Å²) in [7, 11) is 0. The molecule has 1 rings (SSSR count). The molecule has 0 bridgehead atoms. The molecule has 0 aliphatic carbocycles. The second kappa shape index (κ2) is 12.0. The molecule has 0 aliphatic rings. The Kier molecular flexibility index (Phi) is 10.1. The van der Waals surface area contributed by atoms with Gasteiger partial charge in [-0.25, -0.2) is 0 Å². The highest BCUT2D eigenvalue weighted by atomic mass is 16.4. The summed E-state index contributed by atoms with van der Waals surface area (Å²) in [5, 5.41) is 16.8. The number of nitrogens with two attached hydrogens (primary N) is 1. The van der Waals surface area contributed by atoms with Crippen LogP contribution < -0.4 is 21.7 Å². The van der Waals surface area contributed by atoms with Crippen LogP contribution in [0.4, 0.5) is 0 Å². The molecule has 4 unspecified atom stereocenters. The van der Waals surface area contributed by atoms with E-state index in [0.717, 1.165) is 5.56 Å². The van der Waals surface area contributed by atoms with Gasteiger partial charge >= 0.3 is 5.97 Å². The number of benzene rings is 1. The predicted octanol–water partition coefficient (Wildman–Crippen LogP) is 0.427. The third kappa shape index (κ3) is 8.37. The van der Waals surface area contributed by atoms with Gasteiger partial charge < -0.3 is 26.8 Å². The van der Waals surface area contributed by atoms with E-state index in [1.54, 1.807) is 52.0 Å². The van der Waals surface area contributed by atoms with E-state index >= 15 is 0 Å². The van der Waals surface area contributed by atoms with Crippen molar-refractivity contribution in [2.45, 2.75) is 65.2 Å². The van der Waals surface area contributed by atoms with Crippen LogP contribution in [0.25, 0.3) is 0 Å². The number of rotatable bonds is 11. The van der Waals surface area contributed by atoms with Crippen molar-refractivity contribution in [3.05, 3.63) is 35.9 Å². The number of hydrogen-bond donors (Lipinski definition) is 5. The molecule has 1 aromatic rings. The summed E-state index contributed by atoms with van der Waals surface area (Å²) in [5.74, 6) is -3.18. The van der Waals surface area contributed by atoms with Crippen molar-refractivity contribution in [3.63, 3.8) is 0 Å². The van der Waals surface area contributed by atoms with E-state index in [0.29, 0.717) is 0 Å². The molecule has 0 fully saturated rings. The summed E-state index contributed by atoms with van der Waals surface area (Å²) in [4.78, 5) is 49.2. The number of carbonyl (C=O) groups is 4. The molecule has 0 aromatic heterocycles. The summed E-state index contributed by atoms with van der Waals surface area (Å²) in [5.41, 5.74) is 6.67. The predicted molar refractivity (Wildman–Crippen MR) is 117 cm³/mol. The Morgan fingerprint density at radius 3 is 1.90 bits per heavy atom. The van der Waals surface area contributed by atoms with E-state index in [1.807, 2.05) is 6.07 Å². The Morgan fingerprint density at radius 1 is 0.839 bits per heavy atom. The fourth-order valence-electron chi connectivity index (χ4n) is 2.78. The van der Waals surface area contributed by atoms with E-state index in [2.05, 4.69) is 16.0 Å². The molecule has 6 N–H and O–H groups in total. The Morgan fingerprint density at radius 2 is 1.42 bits per heavy atom. The lowest BCUT2D eigenvalue weighted by Gasteiger charge is -2.27. The molecule has 0 heterocycles. The average molecular weight is 435 g/mol. The van der Waals surface area contributed by atoms with Crippen molar-refractivity contribution < 1.29 is 24.3 Å². The van der Waals surface area contributed by atoms with Gasteiger partial charge in [-0.3, -0.25) is 19.2 Å². The smallest absolute Gasteiger partial charge is 0.325 e. The van der Waals surface area contributed by atoms with Gasteiger partial charge in [0, 0.05) is 6.42 Å². The summed E-state index contributed by atoms with van der Waals surface area (Å²) < 4.78 is 0. The van der Waals surface area contributed by atoms with E-state index in [4.69, 9.17) is 10.8 Å². The number of hydrogen-bond acceptors (Lipinski definition) is 5. The molecule has 0 spiro atoms. The minimum atomic E-state index is -1.19. The standard InChI is InChI=1S/C22H34N4O5/c1-12(2)17(23)20(28)26-18(13(3)4)21(29)25-16(11-15-9-7-6-8-10-15)19(27)24-14(5)22(30)31/h6-10,12-14,16-18H,11,23H2,1-5H3,(H,24,27)(H,25,29)(H,26,28)(H,30,31). The molecule has 3 amide bonds. The molecular formula is C22H34N4O5. The molecular weight excluding hydrogens is 400 g/mol. The van der Waals surface area contributed by atoms with E-state index < -0.39 is 47.9 Å². The molecule has 31 heavy (non-hydrogen) atoms. The largest absolute Gasteiger partial charge is 0.480 e. The number of amides is 3. The SMILES string of the molecule is CC(NC(=O)C(Cc1ccccc1)NC(=O)C(NC(=O)C(N)C(C)C)C(C)C)C(=O)O. The molecule has 9 heteroatoms. The van der Waals surface area contributed by atoms with Crippen molar-refractivity contribution >= 4 is 23.7 Å². The number of aliphatic carboxylic acids is 1. The fourth-order valence-corrected chi connectivity index (χ4v) is 2.78. The Balaban J connectivity index is 3.02. The topological polar surface area (TPSA) is 151 Å². The van der Waals surface area contributed by atoms with Gasteiger partial charge in [0.2, 0.25) is 17.7 Å². The van der Waals surface area contributed by atoms with E-state index in [9.17, 15) is 19.2 Å². The first-order valence-electron chi connectivity index (χ1n) is 10.4. The van der Waals surface area contributed by atoms with Gasteiger partial charge in [0.1, 0.15) is 18.1 Å². The first-order valence-corrected chi connectivity index (χ1v) is 10.4. The normalized spacial score (nSPS) is 15.0. The summed E-state index contributed by atoms with van der Waals surface area (Å²) in [6.07, 6.45) is 0.162. The van der Waals surface area contributed by atoms with Crippen LogP contribution in [0.3, 0.4) is 0 Å². The summed E-state index contributed by atoms with van der Waals surface area (Å²) in [6, 6.07) is 5.22. The molecule has 1 aromatic carbocycles. The van der Waals surface area contributed by atoms with Crippen LogP contribution in [-0.4, -0.2) is 53.0 Å². The lowest BCUT2D eigenvalue weighted by Crippen LogP contribution is -2.59. The number of nitrogens with one attached hydrogen (secondary N) is 3. The molecule has 4 atom stereocenters. The van der Waals surface area contributed by atoms with Gasteiger partial charge in [-0.2, -0.15) is 0 Å². The minimum absolute atomic E-state index is 0.106. The highest BCUT2D eigenvalue weighted by Crippen LogP contribution is 2.08. The van der Waals surface area contributed by atoms with Gasteiger partial charge in [0.05, 0.1) is 6.04 Å². The zero-order valence-corrected chi connectivity index (χ0v) is 18.7. The van der Waals surface area contributed by atoms with Crippen LogP contribution in [0.15, 0.2) is 30.3 Å². The maximum atomic E-state index is 13.0. The zero-order valence-electron chi connectivity index (χ0n) is 18.7. The van der Waals surface area contributed by atoms with Gasteiger partial charge in [-0.15, -0.1) is 0 Å². The van der Waals surface area contributed by atoms with E-state index in [1.165, 1.54) is 6.92 Å². The van der Waals surface area contributed by atoms with Crippen LogP contribution in [0, 0.1) is 11.8 Å². The van der Waals surface area contributed by atoms with Crippen molar-refractivity contribution in [2.24, 2.45) is 17.6 Å². The monoisotopic (exact) mass is 434 g/mol. The van der Waals surface area contributed by atoms with Crippen LogP contribution in [0.1, 0.15) is 40.2 Å². The highest BCUT2D eigenvalue weighted by molar-refractivity contribution is 5.94. The fraction of sp³-hybridized carbons (Fsp3) is 0.545. The van der Waals surface area contributed by atoms with Gasteiger partial charge in [0.15, 0.2) is 0 Å². The molecule has 0 saturated heterocycles. The minimum Gasteiger partial charge on any atom is -0.480 e. The molecule has 172 valence electrons. The van der Waals surface area contributed by atoms with Crippen LogP contribution >= 0.6 is 0 Å². The first-order chi connectivity index (χ1) is 14.4.